The molecule has 2 N–H and O–H groups in total. The Morgan fingerprint density at radius 2 is 2.12 bits per heavy atom. The largest absolute Gasteiger partial charge is 0.338 e. The maximum absolute atomic E-state index is 12.2. The third-order valence-corrected chi connectivity index (χ3v) is 3.64. The Balaban J connectivity index is 2.01. The van der Waals surface area contributed by atoms with Crippen LogP contribution in [0.2, 0.25) is 0 Å². The van der Waals surface area contributed by atoms with Crippen molar-refractivity contribution in [3.63, 3.8) is 0 Å². The molecule has 1 saturated heterocycles. The van der Waals surface area contributed by atoms with Gasteiger partial charge in [0.2, 0.25) is 5.91 Å². The van der Waals surface area contributed by atoms with Crippen LogP contribution >= 0.6 is 0 Å². The lowest BCUT2D eigenvalue weighted by Gasteiger charge is -2.25. The van der Waals surface area contributed by atoms with E-state index in [2.05, 4.69) is 6.92 Å². The number of likely N-dealkylation sites (tertiary alicyclic amines) is 1. The Labute approximate surface area is 103 Å². The number of rotatable bonds is 3. The van der Waals surface area contributed by atoms with Crippen molar-refractivity contribution in [1.29, 1.82) is 0 Å². The van der Waals surface area contributed by atoms with Gasteiger partial charge in [-0.1, -0.05) is 37.3 Å². The summed E-state index contributed by atoms with van der Waals surface area (Å²) in [5.74, 6) is 0.732. The van der Waals surface area contributed by atoms with Crippen molar-refractivity contribution in [1.82, 2.24) is 4.90 Å². The Morgan fingerprint density at radius 1 is 1.41 bits per heavy atom. The number of nitrogens with two attached hydrogens (primary N) is 1. The van der Waals surface area contributed by atoms with E-state index >= 15 is 0 Å². The van der Waals surface area contributed by atoms with Gasteiger partial charge in [-0.05, 0) is 17.9 Å². The summed E-state index contributed by atoms with van der Waals surface area (Å²) in [6, 6.07) is 10.1. The molecule has 0 saturated carbocycles. The molecule has 1 aliphatic rings. The van der Waals surface area contributed by atoms with Crippen LogP contribution in [0.5, 0.6) is 0 Å². The summed E-state index contributed by atoms with van der Waals surface area (Å²) < 4.78 is 0. The van der Waals surface area contributed by atoms with Crippen LogP contribution in [-0.2, 0) is 11.2 Å². The third kappa shape index (κ3) is 2.67. The molecular weight excluding hydrogens is 212 g/mol. The molecule has 17 heavy (non-hydrogen) atoms. The van der Waals surface area contributed by atoms with Crippen LogP contribution in [0.1, 0.15) is 18.9 Å². The van der Waals surface area contributed by atoms with Gasteiger partial charge in [-0.2, -0.15) is 0 Å². The number of carbonyl (C=O) groups is 1. The van der Waals surface area contributed by atoms with Gasteiger partial charge in [0, 0.05) is 19.1 Å². The van der Waals surface area contributed by atoms with Gasteiger partial charge in [0.25, 0.3) is 0 Å². The molecule has 1 aromatic rings. The van der Waals surface area contributed by atoms with Crippen molar-refractivity contribution < 1.29 is 4.79 Å². The molecule has 0 aromatic heterocycles. The summed E-state index contributed by atoms with van der Waals surface area (Å²) in [6.07, 6.45) is 1.56. The first-order chi connectivity index (χ1) is 8.22. The van der Waals surface area contributed by atoms with Crippen molar-refractivity contribution in [3.05, 3.63) is 35.9 Å². The van der Waals surface area contributed by atoms with Gasteiger partial charge < -0.3 is 10.6 Å². The number of nitrogens with zero attached hydrogens (tertiary/aromatic N) is 1. The second-order valence-corrected chi connectivity index (χ2v) is 4.82. The zero-order chi connectivity index (χ0) is 12.3. The lowest BCUT2D eigenvalue weighted by atomic mass is 10.0. The number of benzene rings is 1. The molecule has 0 aliphatic carbocycles. The maximum atomic E-state index is 12.2. The summed E-state index contributed by atoms with van der Waals surface area (Å²) in [7, 11) is 0. The molecule has 1 aromatic carbocycles. The quantitative estimate of drug-likeness (QED) is 0.857. The predicted molar refractivity (Wildman–Crippen MR) is 68.5 cm³/mol. The first kappa shape index (κ1) is 12.1. The first-order valence-electron chi connectivity index (χ1n) is 6.26. The second kappa shape index (κ2) is 5.32. The van der Waals surface area contributed by atoms with Crippen LogP contribution in [0.3, 0.4) is 0 Å². The lowest BCUT2D eigenvalue weighted by Crippen LogP contribution is -2.42. The number of carbonyl (C=O) groups excluding carboxylic acids is 1. The standard InChI is InChI=1S/C14H20N2O/c1-11-7-8-16(13(11)10-15)14(17)9-12-5-3-2-4-6-12/h2-6,11,13H,7-10,15H2,1H3. The Morgan fingerprint density at radius 3 is 2.76 bits per heavy atom. The Kier molecular flexibility index (Phi) is 3.79. The molecule has 1 aliphatic heterocycles. The molecule has 2 atom stereocenters. The van der Waals surface area contributed by atoms with Crippen LogP contribution in [0.4, 0.5) is 0 Å². The number of amides is 1. The van der Waals surface area contributed by atoms with Crippen molar-refractivity contribution in [3.8, 4) is 0 Å². The lowest BCUT2D eigenvalue weighted by molar-refractivity contribution is -0.131. The fourth-order valence-electron chi connectivity index (χ4n) is 2.55. The number of hydrogen-bond donors (Lipinski definition) is 1. The molecule has 1 fully saturated rings. The SMILES string of the molecule is CC1CCN(C(=O)Cc2ccccc2)C1CN. The average molecular weight is 232 g/mol. The van der Waals surface area contributed by atoms with E-state index < -0.39 is 0 Å². The van der Waals surface area contributed by atoms with Gasteiger partial charge in [0.05, 0.1) is 6.42 Å². The van der Waals surface area contributed by atoms with Crippen LogP contribution < -0.4 is 5.73 Å². The van der Waals surface area contributed by atoms with E-state index in [0.717, 1.165) is 18.5 Å². The van der Waals surface area contributed by atoms with Crippen LogP contribution in [-0.4, -0.2) is 29.9 Å². The van der Waals surface area contributed by atoms with E-state index in [0.29, 0.717) is 18.9 Å². The maximum Gasteiger partial charge on any atom is 0.227 e. The highest BCUT2D eigenvalue weighted by Crippen LogP contribution is 2.23. The first-order valence-corrected chi connectivity index (χ1v) is 6.26. The smallest absolute Gasteiger partial charge is 0.227 e. The normalized spacial score (nSPS) is 24.0. The van der Waals surface area contributed by atoms with Crippen LogP contribution in [0.15, 0.2) is 30.3 Å². The molecule has 0 radical (unpaired) electrons. The van der Waals surface area contributed by atoms with Crippen molar-refractivity contribution >= 4 is 5.91 Å². The van der Waals surface area contributed by atoms with Gasteiger partial charge in [0.15, 0.2) is 0 Å². The fourth-order valence-corrected chi connectivity index (χ4v) is 2.55. The summed E-state index contributed by atoms with van der Waals surface area (Å²) in [5.41, 5.74) is 6.83. The van der Waals surface area contributed by atoms with E-state index in [1.165, 1.54) is 0 Å². The molecule has 1 heterocycles. The molecule has 0 spiro atoms. The summed E-state index contributed by atoms with van der Waals surface area (Å²) in [6.45, 7) is 3.60. The zero-order valence-corrected chi connectivity index (χ0v) is 10.3. The van der Waals surface area contributed by atoms with Gasteiger partial charge in [-0.15, -0.1) is 0 Å². The van der Waals surface area contributed by atoms with E-state index in [1.807, 2.05) is 35.2 Å². The number of hydrogen-bond acceptors (Lipinski definition) is 2. The van der Waals surface area contributed by atoms with E-state index in [-0.39, 0.29) is 11.9 Å². The van der Waals surface area contributed by atoms with Gasteiger partial charge in [0.1, 0.15) is 0 Å². The second-order valence-electron chi connectivity index (χ2n) is 4.82. The van der Waals surface area contributed by atoms with Crippen molar-refractivity contribution in [2.24, 2.45) is 11.7 Å². The summed E-state index contributed by atoms with van der Waals surface area (Å²) >= 11 is 0. The predicted octanol–water partition coefficient (Wildman–Crippen LogP) is 1.42. The molecule has 3 heteroatoms. The van der Waals surface area contributed by atoms with Gasteiger partial charge >= 0.3 is 0 Å². The minimum Gasteiger partial charge on any atom is -0.338 e. The highest BCUT2D eigenvalue weighted by molar-refractivity contribution is 5.79. The van der Waals surface area contributed by atoms with E-state index in [9.17, 15) is 4.79 Å². The summed E-state index contributed by atoms with van der Waals surface area (Å²) in [5, 5.41) is 0. The molecular formula is C14H20N2O. The molecule has 0 bridgehead atoms. The minimum atomic E-state index is 0.205. The minimum absolute atomic E-state index is 0.205. The topological polar surface area (TPSA) is 46.3 Å². The van der Waals surface area contributed by atoms with Crippen molar-refractivity contribution in [2.75, 3.05) is 13.1 Å². The van der Waals surface area contributed by atoms with Crippen LogP contribution in [0.25, 0.3) is 0 Å². The Bertz CT molecular complexity index is 377. The highest BCUT2D eigenvalue weighted by atomic mass is 16.2. The van der Waals surface area contributed by atoms with Gasteiger partial charge in [-0.25, -0.2) is 0 Å². The average Bonchev–Trinajstić information content (AvgIpc) is 2.71. The van der Waals surface area contributed by atoms with E-state index in [1.54, 1.807) is 0 Å². The molecule has 2 unspecified atom stereocenters. The van der Waals surface area contributed by atoms with E-state index in [4.69, 9.17) is 5.73 Å². The molecule has 92 valence electrons. The monoisotopic (exact) mass is 232 g/mol. The highest BCUT2D eigenvalue weighted by Gasteiger charge is 2.32. The Hall–Kier alpha value is -1.35. The molecule has 2 rings (SSSR count). The zero-order valence-electron chi connectivity index (χ0n) is 10.3. The third-order valence-electron chi connectivity index (χ3n) is 3.64. The fraction of sp³-hybridized carbons (Fsp3) is 0.500. The molecule has 1 amide bonds. The van der Waals surface area contributed by atoms with Crippen LogP contribution in [0, 0.1) is 5.92 Å². The van der Waals surface area contributed by atoms with Gasteiger partial charge in [-0.3, -0.25) is 4.79 Å². The molecule has 3 nitrogen and oxygen atoms in total. The summed E-state index contributed by atoms with van der Waals surface area (Å²) in [4.78, 5) is 14.2. The van der Waals surface area contributed by atoms with Crippen molar-refractivity contribution in [2.45, 2.75) is 25.8 Å².